The second-order valence-electron chi connectivity index (χ2n) is 12.3. The zero-order valence-corrected chi connectivity index (χ0v) is 26.0. The van der Waals surface area contributed by atoms with Crippen molar-refractivity contribution in [1.29, 1.82) is 0 Å². The van der Waals surface area contributed by atoms with Gasteiger partial charge in [0.2, 0.25) is 5.91 Å². The van der Waals surface area contributed by atoms with Crippen LogP contribution in [0.3, 0.4) is 0 Å². The van der Waals surface area contributed by atoms with Crippen molar-refractivity contribution in [3.63, 3.8) is 0 Å². The van der Waals surface area contributed by atoms with Crippen LogP contribution in [0.1, 0.15) is 68.8 Å². The van der Waals surface area contributed by atoms with E-state index in [2.05, 4.69) is 5.32 Å². The minimum absolute atomic E-state index is 0.0986. The average Bonchev–Trinajstić information content (AvgIpc) is 3.35. The first kappa shape index (κ1) is 33.1. The maximum atomic E-state index is 14.5. The smallest absolute Gasteiger partial charge is 0.416 e. The first-order valence-corrected chi connectivity index (χ1v) is 14.9. The third-order valence-electron chi connectivity index (χ3n) is 8.40. The van der Waals surface area contributed by atoms with Crippen molar-refractivity contribution in [2.45, 2.75) is 71.4 Å². The Morgan fingerprint density at radius 2 is 1.57 bits per heavy atom. The predicted octanol–water partition coefficient (Wildman–Crippen LogP) is 7.15. The van der Waals surface area contributed by atoms with E-state index in [-0.39, 0.29) is 24.8 Å². The fourth-order valence-corrected chi connectivity index (χ4v) is 6.35. The van der Waals surface area contributed by atoms with Gasteiger partial charge in [-0.25, -0.2) is 4.79 Å². The normalized spacial score (nSPS) is 21.2. The quantitative estimate of drug-likeness (QED) is 0.261. The van der Waals surface area contributed by atoms with Gasteiger partial charge in [0.1, 0.15) is 11.8 Å². The van der Waals surface area contributed by atoms with Gasteiger partial charge in [0.05, 0.1) is 31.2 Å². The summed E-state index contributed by atoms with van der Waals surface area (Å²) in [5.41, 5.74) is 0.888. The average molecular weight is 611 g/mol. The van der Waals surface area contributed by atoms with Crippen LogP contribution in [-0.4, -0.2) is 42.6 Å². The van der Waals surface area contributed by atoms with Crippen molar-refractivity contribution >= 4 is 11.9 Å². The van der Waals surface area contributed by atoms with Crippen LogP contribution in [0.5, 0.6) is 5.75 Å². The number of nitrogens with zero attached hydrogens (tertiary/aromatic N) is 1. The lowest BCUT2D eigenvalue weighted by atomic mass is 9.72. The Hall–Kier alpha value is -3.85. The van der Waals surface area contributed by atoms with Crippen LogP contribution >= 0.6 is 0 Å². The molecule has 9 heteroatoms. The number of hydrogen-bond acceptors (Lipinski definition) is 5. The van der Waals surface area contributed by atoms with E-state index in [1.807, 2.05) is 88.4 Å². The Balaban J connectivity index is 1.85. The number of ether oxygens (including phenoxy) is 2. The number of benzene rings is 3. The van der Waals surface area contributed by atoms with Gasteiger partial charge in [0.15, 0.2) is 0 Å². The molecule has 1 amide bonds. The summed E-state index contributed by atoms with van der Waals surface area (Å²) in [6.45, 7) is 9.93. The van der Waals surface area contributed by atoms with Crippen LogP contribution in [0.4, 0.5) is 13.2 Å². The SMILES string of the molecule is CCOC(=O)C1C(C(C)(C)C)C(NCc2ccc(C(F)(F)F)cc2OC)C(c2ccccc2)N1C(=O)C(C)c1ccccc1. The number of esters is 1. The number of nitrogens with one attached hydrogen (secondary N) is 1. The summed E-state index contributed by atoms with van der Waals surface area (Å²) in [7, 11) is 1.33. The van der Waals surface area contributed by atoms with Gasteiger partial charge < -0.3 is 19.7 Å². The maximum absolute atomic E-state index is 14.5. The molecule has 1 fully saturated rings. The first-order chi connectivity index (χ1) is 20.8. The highest BCUT2D eigenvalue weighted by Crippen LogP contribution is 2.49. The molecule has 1 aliphatic heterocycles. The van der Waals surface area contributed by atoms with Crippen molar-refractivity contribution in [2.24, 2.45) is 11.3 Å². The van der Waals surface area contributed by atoms with Gasteiger partial charge in [0, 0.05) is 24.1 Å². The lowest BCUT2D eigenvalue weighted by molar-refractivity contribution is -0.157. The lowest BCUT2D eigenvalue weighted by Gasteiger charge is -2.36. The van der Waals surface area contributed by atoms with Gasteiger partial charge in [-0.1, -0.05) is 87.5 Å². The number of carbonyl (C=O) groups excluding carboxylic acids is 2. The summed E-state index contributed by atoms with van der Waals surface area (Å²) in [6, 6.07) is 20.4. The largest absolute Gasteiger partial charge is 0.496 e. The highest BCUT2D eigenvalue weighted by Gasteiger charge is 2.58. The van der Waals surface area contributed by atoms with Gasteiger partial charge >= 0.3 is 12.1 Å². The summed E-state index contributed by atoms with van der Waals surface area (Å²) in [5.74, 6) is -1.57. The Morgan fingerprint density at radius 3 is 2.11 bits per heavy atom. The molecule has 236 valence electrons. The van der Waals surface area contributed by atoms with Gasteiger partial charge in [-0.15, -0.1) is 0 Å². The second-order valence-corrected chi connectivity index (χ2v) is 12.3. The topological polar surface area (TPSA) is 67.9 Å². The first-order valence-electron chi connectivity index (χ1n) is 14.9. The molecule has 3 aromatic carbocycles. The number of alkyl halides is 3. The number of hydrogen-bond donors (Lipinski definition) is 1. The van der Waals surface area contributed by atoms with E-state index in [1.165, 1.54) is 13.2 Å². The van der Waals surface area contributed by atoms with Crippen molar-refractivity contribution < 1.29 is 32.2 Å². The third-order valence-corrected chi connectivity index (χ3v) is 8.40. The molecule has 1 aliphatic rings. The summed E-state index contributed by atoms with van der Waals surface area (Å²) >= 11 is 0. The molecule has 1 N–H and O–H groups in total. The highest BCUT2D eigenvalue weighted by atomic mass is 19.4. The van der Waals surface area contributed by atoms with Crippen LogP contribution in [0.25, 0.3) is 0 Å². The number of carbonyl (C=O) groups is 2. The molecule has 0 radical (unpaired) electrons. The van der Waals surface area contributed by atoms with Crippen LogP contribution in [0, 0.1) is 11.3 Å². The number of rotatable bonds is 9. The Labute approximate surface area is 257 Å². The van der Waals surface area contributed by atoms with Gasteiger partial charge in [0.25, 0.3) is 0 Å². The molecule has 6 nitrogen and oxygen atoms in total. The molecule has 0 aromatic heterocycles. The maximum Gasteiger partial charge on any atom is 0.416 e. The van der Waals surface area contributed by atoms with E-state index in [1.54, 1.807) is 11.8 Å². The summed E-state index contributed by atoms with van der Waals surface area (Å²) in [4.78, 5) is 30.1. The molecule has 0 aliphatic carbocycles. The van der Waals surface area contributed by atoms with Crippen LogP contribution in [0.15, 0.2) is 78.9 Å². The summed E-state index contributed by atoms with van der Waals surface area (Å²) in [5, 5.41) is 3.56. The van der Waals surface area contributed by atoms with Gasteiger partial charge in [-0.3, -0.25) is 4.79 Å². The summed E-state index contributed by atoms with van der Waals surface area (Å²) < 4.78 is 51.2. The van der Waals surface area contributed by atoms with E-state index >= 15 is 0 Å². The summed E-state index contributed by atoms with van der Waals surface area (Å²) in [6.07, 6.45) is -4.51. The molecule has 5 atom stereocenters. The van der Waals surface area contributed by atoms with E-state index < -0.39 is 53.1 Å². The van der Waals surface area contributed by atoms with E-state index in [4.69, 9.17) is 9.47 Å². The van der Waals surface area contributed by atoms with Gasteiger partial charge in [-0.05, 0) is 42.5 Å². The molecule has 4 rings (SSSR count). The fourth-order valence-electron chi connectivity index (χ4n) is 6.35. The second kappa shape index (κ2) is 13.4. The Bertz CT molecular complexity index is 1420. The molecule has 0 spiro atoms. The Morgan fingerprint density at radius 1 is 0.955 bits per heavy atom. The molecule has 1 heterocycles. The van der Waals surface area contributed by atoms with Crippen molar-refractivity contribution in [1.82, 2.24) is 10.2 Å². The Kier molecular flexibility index (Phi) is 10.1. The van der Waals surface area contributed by atoms with Crippen LogP contribution in [0.2, 0.25) is 0 Å². The van der Waals surface area contributed by atoms with Gasteiger partial charge in [-0.2, -0.15) is 13.2 Å². The molecular weight excluding hydrogens is 569 g/mol. The van der Waals surface area contributed by atoms with Crippen LogP contribution in [-0.2, 0) is 27.0 Å². The zero-order valence-electron chi connectivity index (χ0n) is 26.0. The van der Waals surface area contributed by atoms with Crippen molar-refractivity contribution in [3.05, 3.63) is 101 Å². The van der Waals surface area contributed by atoms with Crippen molar-refractivity contribution in [3.8, 4) is 5.75 Å². The lowest BCUT2D eigenvalue weighted by Crippen LogP contribution is -2.49. The van der Waals surface area contributed by atoms with Crippen molar-refractivity contribution in [2.75, 3.05) is 13.7 Å². The van der Waals surface area contributed by atoms with E-state index in [0.29, 0.717) is 5.56 Å². The zero-order chi connectivity index (χ0) is 32.2. The predicted molar refractivity (Wildman–Crippen MR) is 163 cm³/mol. The highest BCUT2D eigenvalue weighted by molar-refractivity contribution is 5.90. The minimum atomic E-state index is -4.51. The number of methoxy groups -OCH3 is 1. The molecular formula is C35H41F3N2O4. The molecule has 5 unspecified atom stereocenters. The standard InChI is InChI=1S/C35H41F3N2O4/c1-7-44-33(42)31-28(34(3,4)5)29(39-21-25-18-19-26(35(36,37)38)20-27(25)43-6)30(24-16-12-9-13-17-24)40(31)32(41)22(2)23-14-10-8-11-15-23/h8-20,22,28-31,39H,7,21H2,1-6H3. The number of likely N-dealkylation sites (tertiary alicyclic amines) is 1. The molecule has 44 heavy (non-hydrogen) atoms. The van der Waals surface area contributed by atoms with E-state index in [0.717, 1.165) is 23.3 Å². The number of amides is 1. The fraction of sp³-hybridized carbons (Fsp3) is 0.429. The molecule has 1 saturated heterocycles. The number of halogens is 3. The molecule has 0 saturated carbocycles. The van der Waals surface area contributed by atoms with Crippen LogP contribution < -0.4 is 10.1 Å². The minimum Gasteiger partial charge on any atom is -0.496 e. The molecule has 3 aromatic rings. The third kappa shape index (κ3) is 6.93. The van der Waals surface area contributed by atoms with E-state index in [9.17, 15) is 22.8 Å². The monoisotopic (exact) mass is 610 g/mol. The molecule has 0 bridgehead atoms.